The third kappa shape index (κ3) is 18.6. The van der Waals surface area contributed by atoms with Gasteiger partial charge in [-0.05, 0) is 69.0 Å². The average molecular weight is 889 g/mol. The van der Waals surface area contributed by atoms with Crippen LogP contribution in [-0.4, -0.2) is 94.0 Å². The molecule has 2 rings (SSSR count). The summed E-state index contributed by atoms with van der Waals surface area (Å²) in [5.41, 5.74) is 0.718. The van der Waals surface area contributed by atoms with Gasteiger partial charge in [-0.1, -0.05) is 73.4 Å². The number of nitrogens with zero attached hydrogens (tertiary/aromatic N) is 3. The summed E-state index contributed by atoms with van der Waals surface area (Å²) >= 11 is 1.07. The number of aryl methyl sites for hydroxylation is 1. The first-order valence-electron chi connectivity index (χ1n) is 21.6. The van der Waals surface area contributed by atoms with Crippen LogP contribution in [0.1, 0.15) is 140 Å². The van der Waals surface area contributed by atoms with Crippen molar-refractivity contribution in [2.75, 3.05) is 20.3 Å². The molecule has 3 amide bonds. The quantitative estimate of drug-likeness (QED) is 0.0222. The molecule has 346 valence electrons. The maximum atomic E-state index is 14.7. The molecular weight excluding hydrogens is 821 g/mol. The number of ether oxygens (including phenoxy) is 2. The number of esters is 2. The Hall–Kier alpha value is -4.97. The number of nitro groups is 1. The molecule has 1 heterocycles. The Morgan fingerprint density at radius 1 is 0.968 bits per heavy atom. The lowest BCUT2D eigenvalue weighted by Crippen LogP contribution is -2.56. The number of thiazole rings is 1. The van der Waals surface area contributed by atoms with Crippen LogP contribution < -0.4 is 16.0 Å². The third-order valence-electron chi connectivity index (χ3n) is 10.6. The van der Waals surface area contributed by atoms with Crippen LogP contribution in [-0.2, 0) is 39.9 Å². The zero-order valence-corrected chi connectivity index (χ0v) is 38.6. The van der Waals surface area contributed by atoms with Crippen molar-refractivity contribution in [1.29, 1.82) is 0 Å². The molecule has 0 fully saturated rings. The van der Waals surface area contributed by atoms with Gasteiger partial charge in [0.05, 0.1) is 10.8 Å². The van der Waals surface area contributed by atoms with Gasteiger partial charge in [-0.25, -0.2) is 4.98 Å². The molecule has 1 aromatic carbocycles. The van der Waals surface area contributed by atoms with Crippen LogP contribution >= 0.6 is 11.3 Å². The minimum Gasteiger partial charge on any atom is -0.481 e. The molecule has 0 aliphatic rings. The van der Waals surface area contributed by atoms with Gasteiger partial charge < -0.3 is 35.4 Å². The van der Waals surface area contributed by atoms with Gasteiger partial charge in [0.15, 0.2) is 12.8 Å². The number of unbranched alkanes of at least 4 members (excludes halogenated alkanes) is 2. The molecule has 0 saturated carbocycles. The van der Waals surface area contributed by atoms with E-state index in [-0.39, 0.29) is 65.7 Å². The second-order valence-corrected chi connectivity index (χ2v) is 17.6. The minimum absolute atomic E-state index is 0.00310. The highest BCUT2D eigenvalue weighted by atomic mass is 32.1. The van der Waals surface area contributed by atoms with Crippen LogP contribution in [0.2, 0.25) is 0 Å². The number of non-ortho nitro benzene ring substituents is 1. The number of aromatic nitrogens is 1. The number of carbonyl (C=O) groups excluding carboxylic acids is 5. The first kappa shape index (κ1) is 53.2. The molecule has 2 aromatic rings. The standard InChI is InChI=1S/C44H68N6O11S/c1-10-29(6)40(48-38(52)14-12-11-13-21-45-9)43(55)49(26-60-39(53)22-27(2)3)36(28(4)5)24-37(61-31(8)51)42-47-35(25-62-42)41(54)46-33(23-30(7)44(56)57)18-15-32-16-19-34(20-17-32)50(58)59/h16-17,19-20,25,27-30,33,36-37,40,45H,10-15,18,21-24,26H2,1-9H3,(H,46,54)(H,48,52)(H,56,57)/t29-,30?,33-,36+,37+,40-/m0/s1. The number of carboxylic acids is 1. The van der Waals surface area contributed by atoms with E-state index in [4.69, 9.17) is 9.47 Å². The van der Waals surface area contributed by atoms with Crippen molar-refractivity contribution in [3.8, 4) is 0 Å². The van der Waals surface area contributed by atoms with Crippen LogP contribution in [0.15, 0.2) is 29.6 Å². The number of rotatable bonds is 29. The summed E-state index contributed by atoms with van der Waals surface area (Å²) in [5.74, 6) is -4.80. The molecule has 17 nitrogen and oxygen atoms in total. The third-order valence-corrected chi connectivity index (χ3v) is 11.6. The van der Waals surface area contributed by atoms with Gasteiger partial charge in [-0.15, -0.1) is 11.3 Å². The van der Waals surface area contributed by atoms with Crippen molar-refractivity contribution in [3.05, 3.63) is 56.0 Å². The van der Waals surface area contributed by atoms with E-state index in [1.807, 2.05) is 48.6 Å². The number of carboxylic acid groups (broad SMARTS) is 1. The second kappa shape index (κ2) is 27.2. The molecule has 18 heteroatoms. The number of aliphatic carboxylic acids is 1. The van der Waals surface area contributed by atoms with Crippen molar-refractivity contribution in [1.82, 2.24) is 25.8 Å². The highest BCUT2D eigenvalue weighted by molar-refractivity contribution is 7.09. The Kier molecular flexibility index (Phi) is 23.3. The Bertz CT molecular complexity index is 1770. The van der Waals surface area contributed by atoms with Crippen LogP contribution in [0.4, 0.5) is 5.69 Å². The lowest BCUT2D eigenvalue weighted by molar-refractivity contribution is -0.384. The van der Waals surface area contributed by atoms with Gasteiger partial charge in [0.25, 0.3) is 11.6 Å². The number of nitrogens with one attached hydrogen (secondary N) is 3. The Morgan fingerprint density at radius 2 is 1.65 bits per heavy atom. The van der Waals surface area contributed by atoms with Crippen molar-refractivity contribution >= 4 is 52.7 Å². The zero-order chi connectivity index (χ0) is 46.5. The van der Waals surface area contributed by atoms with Crippen molar-refractivity contribution in [2.24, 2.45) is 23.7 Å². The average Bonchev–Trinajstić information content (AvgIpc) is 3.71. The molecule has 6 atom stereocenters. The highest BCUT2D eigenvalue weighted by Gasteiger charge is 2.38. The minimum atomic E-state index is -1.03. The van der Waals surface area contributed by atoms with E-state index in [1.165, 1.54) is 36.3 Å². The zero-order valence-electron chi connectivity index (χ0n) is 37.8. The van der Waals surface area contributed by atoms with Crippen LogP contribution in [0.5, 0.6) is 0 Å². The van der Waals surface area contributed by atoms with E-state index in [0.717, 1.165) is 36.3 Å². The summed E-state index contributed by atoms with van der Waals surface area (Å²) in [6, 6.07) is 3.76. The first-order chi connectivity index (χ1) is 29.3. The van der Waals surface area contributed by atoms with Crippen molar-refractivity contribution in [2.45, 2.75) is 144 Å². The molecule has 1 aromatic heterocycles. The van der Waals surface area contributed by atoms with E-state index in [9.17, 15) is 44.0 Å². The van der Waals surface area contributed by atoms with E-state index in [1.54, 1.807) is 12.1 Å². The van der Waals surface area contributed by atoms with Gasteiger partial charge >= 0.3 is 17.9 Å². The second-order valence-electron chi connectivity index (χ2n) is 16.7. The molecule has 0 saturated heterocycles. The Labute approximate surface area is 369 Å². The predicted molar refractivity (Wildman–Crippen MR) is 235 cm³/mol. The first-order valence-corrected chi connectivity index (χ1v) is 22.4. The van der Waals surface area contributed by atoms with Crippen molar-refractivity contribution in [3.63, 3.8) is 0 Å². The Morgan fingerprint density at radius 3 is 2.21 bits per heavy atom. The maximum Gasteiger partial charge on any atom is 0.307 e. The number of hydrogen-bond donors (Lipinski definition) is 4. The van der Waals surface area contributed by atoms with Crippen LogP contribution in [0.25, 0.3) is 0 Å². The summed E-state index contributed by atoms with van der Waals surface area (Å²) in [5, 5.41) is 31.4. The fourth-order valence-electron chi connectivity index (χ4n) is 6.81. The number of carbonyl (C=O) groups is 6. The number of benzene rings is 1. The monoisotopic (exact) mass is 888 g/mol. The number of amides is 3. The molecule has 0 radical (unpaired) electrons. The summed E-state index contributed by atoms with van der Waals surface area (Å²) < 4.78 is 11.5. The van der Waals surface area contributed by atoms with Gasteiger partial charge in [-0.3, -0.25) is 38.9 Å². The maximum absolute atomic E-state index is 14.7. The summed E-state index contributed by atoms with van der Waals surface area (Å²) in [4.78, 5) is 95.4. The van der Waals surface area contributed by atoms with Crippen LogP contribution in [0, 0.1) is 33.8 Å². The molecule has 1 unspecified atom stereocenters. The summed E-state index contributed by atoms with van der Waals surface area (Å²) in [7, 11) is 1.87. The molecule has 0 aliphatic carbocycles. The number of nitro benzene ring substituents is 1. The van der Waals surface area contributed by atoms with Crippen LogP contribution in [0.3, 0.4) is 0 Å². The van der Waals surface area contributed by atoms with Gasteiger partial charge in [0.1, 0.15) is 16.7 Å². The molecular formula is C44H68N6O11S. The van der Waals surface area contributed by atoms with E-state index < -0.39 is 71.5 Å². The normalized spacial score (nSPS) is 14.2. The molecule has 0 spiro atoms. The fourth-order valence-corrected chi connectivity index (χ4v) is 7.65. The molecule has 0 bridgehead atoms. The lowest BCUT2D eigenvalue weighted by Gasteiger charge is -2.38. The topological polar surface area (TPSA) is 236 Å². The van der Waals surface area contributed by atoms with Gasteiger partial charge in [0.2, 0.25) is 11.8 Å². The largest absolute Gasteiger partial charge is 0.481 e. The summed E-state index contributed by atoms with van der Waals surface area (Å²) in [6.07, 6.45) is 3.18. The predicted octanol–water partition coefficient (Wildman–Crippen LogP) is 6.60. The highest BCUT2D eigenvalue weighted by Crippen LogP contribution is 2.32. The lowest BCUT2D eigenvalue weighted by atomic mass is 9.92. The van der Waals surface area contributed by atoms with Crippen molar-refractivity contribution < 1.29 is 48.3 Å². The molecule has 0 aliphatic heterocycles. The van der Waals surface area contributed by atoms with E-state index in [2.05, 4.69) is 20.9 Å². The number of hydrogen-bond acceptors (Lipinski definition) is 13. The molecule has 62 heavy (non-hydrogen) atoms. The smallest absolute Gasteiger partial charge is 0.307 e. The van der Waals surface area contributed by atoms with E-state index in [0.29, 0.717) is 25.7 Å². The summed E-state index contributed by atoms with van der Waals surface area (Å²) in [6.45, 7) is 14.5. The Balaban J connectivity index is 2.45. The molecule has 4 N–H and O–H groups in total. The van der Waals surface area contributed by atoms with Gasteiger partial charge in [-0.2, -0.15) is 0 Å². The van der Waals surface area contributed by atoms with Gasteiger partial charge in [0, 0.05) is 55.8 Å². The van der Waals surface area contributed by atoms with E-state index >= 15 is 0 Å². The fraction of sp³-hybridized carbons (Fsp3) is 0.659. The SMILES string of the molecule is CC[C@H](C)[C@H](NC(=O)CCCCCNC)C(=O)N(COC(=O)CC(C)C)[C@H](C[C@@H](OC(C)=O)c1nc(C(=O)N[C@@H](CCc2ccc([N+](=O)[O-])cc2)CC(C)C(=O)O)cs1)C(C)C.